The molecule has 0 fully saturated rings. The van der Waals surface area contributed by atoms with E-state index in [2.05, 4.69) is 28.1 Å². The highest BCUT2D eigenvalue weighted by molar-refractivity contribution is 9.10. The third kappa shape index (κ3) is 3.50. The van der Waals surface area contributed by atoms with Crippen LogP contribution in [0.4, 0.5) is 0 Å². The van der Waals surface area contributed by atoms with Gasteiger partial charge < -0.3 is 0 Å². The Hall–Kier alpha value is -1.40. The number of nitrogens with two attached hydrogens (primary N) is 1. The Bertz CT molecular complexity index is 907. The van der Waals surface area contributed by atoms with Gasteiger partial charge >= 0.3 is 0 Å². The Morgan fingerprint density at radius 1 is 0.955 bits per heavy atom. The van der Waals surface area contributed by atoms with E-state index in [1.807, 2.05) is 47.8 Å². The predicted molar refractivity (Wildman–Crippen MR) is 100 cm³/mol. The lowest BCUT2D eigenvalue weighted by Crippen LogP contribution is -1.73. The first-order valence-electron chi connectivity index (χ1n) is 6.54. The zero-order chi connectivity index (χ0) is 15.5. The van der Waals surface area contributed by atoms with Crippen LogP contribution in [0.5, 0.6) is 0 Å². The van der Waals surface area contributed by atoms with Crippen molar-refractivity contribution < 1.29 is 0 Å². The second-order valence-corrected chi connectivity index (χ2v) is 7.42. The molecule has 0 saturated carbocycles. The second-order valence-electron chi connectivity index (χ2n) is 4.66. The van der Waals surface area contributed by atoms with E-state index in [0.29, 0.717) is 0 Å². The van der Waals surface area contributed by atoms with E-state index in [9.17, 15) is 4.79 Å². The van der Waals surface area contributed by atoms with Gasteiger partial charge in [0.15, 0.2) is 5.43 Å². The zero-order valence-corrected chi connectivity index (χ0v) is 14.7. The number of rotatable bonds is 2. The third-order valence-corrected chi connectivity index (χ3v) is 5.62. The molecule has 0 aliphatic carbocycles. The van der Waals surface area contributed by atoms with Crippen LogP contribution < -0.4 is 10.6 Å². The highest BCUT2D eigenvalue weighted by Crippen LogP contribution is 2.25. The normalized spacial score (nSPS) is 10.6. The Morgan fingerprint density at radius 3 is 2.27 bits per heavy atom. The molecule has 4 rings (SSSR count). The summed E-state index contributed by atoms with van der Waals surface area (Å²) in [5.41, 5.74) is 2.48. The van der Waals surface area contributed by atoms with E-state index in [0.717, 1.165) is 30.6 Å². The smallest absolute Gasteiger partial charge is 0.194 e. The highest BCUT2D eigenvalue weighted by atomic mass is 79.9. The Balaban J connectivity index is 0.000000154. The fourth-order valence-corrected chi connectivity index (χ4v) is 3.92. The lowest BCUT2D eigenvalue weighted by atomic mass is 10.1. The van der Waals surface area contributed by atoms with Crippen LogP contribution >= 0.6 is 39.2 Å². The molecular weight excluding hydrogens is 378 g/mol. The minimum Gasteiger partial charge on any atom is -0.289 e. The summed E-state index contributed by atoms with van der Waals surface area (Å²) in [6.45, 7) is 0. The molecule has 2 nitrogen and oxygen atoms in total. The number of fused-ring (bicyclic) bond motifs is 1. The van der Waals surface area contributed by atoms with Crippen molar-refractivity contribution in [3.8, 4) is 11.1 Å². The molecule has 0 atom stereocenters. The molecule has 0 bridgehead atoms. The first kappa shape index (κ1) is 15.5. The largest absolute Gasteiger partial charge is 0.289 e. The molecule has 1 heterocycles. The number of hydrogen-bond acceptors (Lipinski definition) is 4. The topological polar surface area (TPSA) is 43.1 Å². The predicted octanol–water partition coefficient (Wildman–Crippen LogP) is 5.22. The molecule has 110 valence electrons. The Morgan fingerprint density at radius 2 is 1.73 bits per heavy atom. The molecule has 0 spiro atoms. The van der Waals surface area contributed by atoms with E-state index in [4.69, 9.17) is 5.14 Å². The van der Waals surface area contributed by atoms with Gasteiger partial charge in [0.05, 0.1) is 4.21 Å². The molecule has 0 saturated heterocycles. The average molecular weight is 390 g/mol. The quantitative estimate of drug-likeness (QED) is 0.478. The van der Waals surface area contributed by atoms with Crippen LogP contribution in [-0.2, 0) is 0 Å². The zero-order valence-electron chi connectivity index (χ0n) is 11.5. The molecule has 0 unspecified atom stereocenters. The maximum Gasteiger partial charge on any atom is 0.194 e. The number of hydrogen-bond donors (Lipinski definition) is 1. The molecule has 0 aliphatic heterocycles. The molecule has 3 aromatic carbocycles. The Labute approximate surface area is 144 Å². The maximum atomic E-state index is 11.1. The van der Waals surface area contributed by atoms with Crippen molar-refractivity contribution in [2.45, 2.75) is 4.21 Å². The summed E-state index contributed by atoms with van der Waals surface area (Å²) in [5.74, 6) is 0. The Kier molecular flexibility index (Phi) is 4.78. The van der Waals surface area contributed by atoms with Crippen LogP contribution in [0.3, 0.4) is 0 Å². The summed E-state index contributed by atoms with van der Waals surface area (Å²) in [6, 6.07) is 18.0. The second kappa shape index (κ2) is 6.79. The van der Waals surface area contributed by atoms with E-state index in [1.54, 1.807) is 11.3 Å². The van der Waals surface area contributed by atoms with E-state index < -0.39 is 0 Å². The summed E-state index contributed by atoms with van der Waals surface area (Å²) in [5, 5.41) is 9.04. The van der Waals surface area contributed by atoms with Gasteiger partial charge in [-0.3, -0.25) is 9.93 Å². The molecule has 0 radical (unpaired) electrons. The SMILES string of the molecule is NSc1cc(Br)cs1.O=c1c2ccc(-c3ccccc3)cc12. The van der Waals surface area contributed by atoms with Crippen LogP contribution in [0, 0.1) is 0 Å². The van der Waals surface area contributed by atoms with Crippen molar-refractivity contribution in [3.05, 3.63) is 74.7 Å². The summed E-state index contributed by atoms with van der Waals surface area (Å²) < 4.78 is 2.24. The first-order valence-corrected chi connectivity index (χ1v) is 9.09. The highest BCUT2D eigenvalue weighted by Gasteiger charge is 2.11. The van der Waals surface area contributed by atoms with Gasteiger partial charge in [0.1, 0.15) is 0 Å². The molecule has 5 heteroatoms. The number of halogens is 1. The first-order chi connectivity index (χ1) is 10.7. The maximum absolute atomic E-state index is 11.1. The van der Waals surface area contributed by atoms with Crippen molar-refractivity contribution >= 4 is 50.0 Å². The van der Waals surface area contributed by atoms with Crippen LogP contribution in [-0.4, -0.2) is 0 Å². The van der Waals surface area contributed by atoms with Crippen molar-refractivity contribution in [3.63, 3.8) is 0 Å². The summed E-state index contributed by atoms with van der Waals surface area (Å²) in [7, 11) is 0. The minimum atomic E-state index is 0.201. The summed E-state index contributed by atoms with van der Waals surface area (Å²) >= 11 is 6.23. The van der Waals surface area contributed by atoms with Crippen molar-refractivity contribution in [2.75, 3.05) is 0 Å². The van der Waals surface area contributed by atoms with Crippen LogP contribution in [0.15, 0.2) is 73.5 Å². The van der Waals surface area contributed by atoms with Gasteiger partial charge in [-0.2, -0.15) is 0 Å². The van der Waals surface area contributed by atoms with Crippen LogP contribution in [0.25, 0.3) is 21.9 Å². The fraction of sp³-hybridized carbons (Fsp3) is 0. The van der Waals surface area contributed by atoms with E-state index >= 15 is 0 Å². The van der Waals surface area contributed by atoms with E-state index in [1.165, 1.54) is 11.9 Å². The standard InChI is InChI=1S/C13H8O.C4H4BrNS2/c14-13-11-7-6-10(8-12(11)13)9-4-2-1-3-5-9;5-3-1-4(8-6)7-2-3/h1-8H;1-2H,6H2. The lowest BCUT2D eigenvalue weighted by Gasteiger charge is -1.97. The molecule has 4 aromatic rings. The average Bonchev–Trinajstić information content (AvgIpc) is 3.01. The third-order valence-electron chi connectivity index (χ3n) is 3.21. The van der Waals surface area contributed by atoms with Crippen LogP contribution in [0.2, 0.25) is 0 Å². The lowest BCUT2D eigenvalue weighted by molar-refractivity contribution is 1.66. The molecule has 0 amide bonds. The molecule has 22 heavy (non-hydrogen) atoms. The summed E-state index contributed by atoms with van der Waals surface area (Å²) in [6.07, 6.45) is 0. The molecular formula is C17H12BrNOS2. The number of thiophene rings is 1. The monoisotopic (exact) mass is 389 g/mol. The minimum absolute atomic E-state index is 0.201. The van der Waals surface area contributed by atoms with Gasteiger partial charge in [-0.05, 0) is 57.2 Å². The molecule has 0 aliphatic rings. The van der Waals surface area contributed by atoms with Gasteiger partial charge in [0, 0.05) is 20.6 Å². The van der Waals surface area contributed by atoms with Gasteiger partial charge in [0.25, 0.3) is 0 Å². The summed E-state index contributed by atoms with van der Waals surface area (Å²) in [4.78, 5) is 11.1. The van der Waals surface area contributed by atoms with Crippen molar-refractivity contribution in [1.82, 2.24) is 0 Å². The van der Waals surface area contributed by atoms with Gasteiger partial charge in [-0.25, -0.2) is 0 Å². The van der Waals surface area contributed by atoms with Gasteiger partial charge in [-0.15, -0.1) is 11.3 Å². The van der Waals surface area contributed by atoms with E-state index in [-0.39, 0.29) is 5.43 Å². The fourth-order valence-electron chi connectivity index (χ4n) is 2.05. The van der Waals surface area contributed by atoms with Crippen molar-refractivity contribution in [1.29, 1.82) is 0 Å². The van der Waals surface area contributed by atoms with Gasteiger partial charge in [0.2, 0.25) is 0 Å². The van der Waals surface area contributed by atoms with Gasteiger partial charge in [-0.1, -0.05) is 36.4 Å². The number of benzene rings is 2. The van der Waals surface area contributed by atoms with Crippen LogP contribution in [0.1, 0.15) is 0 Å². The molecule has 2 N–H and O–H groups in total. The van der Waals surface area contributed by atoms with Crippen molar-refractivity contribution in [2.24, 2.45) is 5.14 Å². The molecule has 1 aromatic heterocycles.